The van der Waals surface area contributed by atoms with Gasteiger partial charge < -0.3 is 4.74 Å². The topological polar surface area (TPSA) is 47.3 Å². The third-order valence-corrected chi connectivity index (χ3v) is 4.83. The molecule has 18 heavy (non-hydrogen) atoms. The Morgan fingerprint density at radius 3 is 3.06 bits per heavy atom. The molecular formula is C14H18N2OS. The van der Waals surface area contributed by atoms with Crippen molar-refractivity contribution >= 4 is 21.4 Å². The summed E-state index contributed by atoms with van der Waals surface area (Å²) in [5.41, 5.74) is 4.01. The SMILES string of the molecule is CC1(C(NN)c2cccc3ccsc23)CCCO1. The molecule has 1 fully saturated rings. The zero-order chi connectivity index (χ0) is 12.6. The average Bonchev–Trinajstić information content (AvgIpc) is 2.99. The Balaban J connectivity index is 2.08. The van der Waals surface area contributed by atoms with Gasteiger partial charge in [-0.05, 0) is 42.2 Å². The minimum absolute atomic E-state index is 0.0438. The zero-order valence-corrected chi connectivity index (χ0v) is 11.3. The predicted molar refractivity (Wildman–Crippen MR) is 75.5 cm³/mol. The summed E-state index contributed by atoms with van der Waals surface area (Å²) in [7, 11) is 0. The molecule has 2 atom stereocenters. The number of benzene rings is 1. The summed E-state index contributed by atoms with van der Waals surface area (Å²) in [5.74, 6) is 5.80. The maximum atomic E-state index is 5.94. The molecule has 2 unspecified atom stereocenters. The van der Waals surface area contributed by atoms with E-state index in [4.69, 9.17) is 10.6 Å². The number of hydrazine groups is 1. The Bertz CT molecular complexity index is 545. The highest BCUT2D eigenvalue weighted by molar-refractivity contribution is 7.17. The molecule has 96 valence electrons. The number of hydrogen-bond donors (Lipinski definition) is 2. The molecule has 0 amide bonds. The number of thiophene rings is 1. The van der Waals surface area contributed by atoms with Crippen molar-refractivity contribution in [3.05, 3.63) is 35.2 Å². The molecule has 2 heterocycles. The molecule has 3 N–H and O–H groups in total. The highest BCUT2D eigenvalue weighted by Gasteiger charge is 2.39. The minimum atomic E-state index is -0.201. The lowest BCUT2D eigenvalue weighted by atomic mass is 9.88. The number of nitrogens with one attached hydrogen (secondary N) is 1. The smallest absolute Gasteiger partial charge is 0.0862 e. The van der Waals surface area contributed by atoms with E-state index < -0.39 is 0 Å². The molecule has 1 saturated heterocycles. The van der Waals surface area contributed by atoms with Crippen LogP contribution in [0.1, 0.15) is 31.4 Å². The molecule has 3 nitrogen and oxygen atoms in total. The summed E-state index contributed by atoms with van der Waals surface area (Å²) < 4.78 is 7.24. The van der Waals surface area contributed by atoms with Crippen molar-refractivity contribution in [2.75, 3.05) is 6.61 Å². The molecule has 1 aromatic carbocycles. The molecule has 2 aromatic rings. The van der Waals surface area contributed by atoms with E-state index in [2.05, 4.69) is 42.0 Å². The van der Waals surface area contributed by atoms with Crippen molar-refractivity contribution in [3.8, 4) is 0 Å². The van der Waals surface area contributed by atoms with E-state index in [1.807, 2.05) is 0 Å². The standard InChI is InChI=1S/C14H18N2OS/c1-14(7-3-8-17-14)13(16-15)11-5-2-4-10-6-9-18-12(10)11/h2,4-6,9,13,16H,3,7-8,15H2,1H3. The van der Waals surface area contributed by atoms with Crippen molar-refractivity contribution in [1.82, 2.24) is 5.43 Å². The lowest BCUT2D eigenvalue weighted by molar-refractivity contribution is -0.0121. The molecule has 4 heteroatoms. The summed E-state index contributed by atoms with van der Waals surface area (Å²) in [4.78, 5) is 0. The molecule has 1 aliphatic heterocycles. The third-order valence-electron chi connectivity index (χ3n) is 3.85. The number of fused-ring (bicyclic) bond motifs is 1. The van der Waals surface area contributed by atoms with E-state index in [1.165, 1.54) is 15.6 Å². The fourth-order valence-corrected chi connectivity index (χ4v) is 3.81. The highest BCUT2D eigenvalue weighted by atomic mass is 32.1. The van der Waals surface area contributed by atoms with Crippen LogP contribution in [-0.2, 0) is 4.74 Å². The summed E-state index contributed by atoms with van der Waals surface area (Å²) >= 11 is 1.76. The lowest BCUT2D eigenvalue weighted by Gasteiger charge is -2.33. The average molecular weight is 262 g/mol. The Hall–Kier alpha value is -0.940. The Kier molecular flexibility index (Phi) is 3.11. The second kappa shape index (κ2) is 4.63. The van der Waals surface area contributed by atoms with Gasteiger partial charge in [0.25, 0.3) is 0 Å². The molecule has 0 bridgehead atoms. The van der Waals surface area contributed by atoms with Crippen molar-refractivity contribution in [1.29, 1.82) is 0 Å². The first-order chi connectivity index (χ1) is 8.74. The molecule has 0 aliphatic carbocycles. The maximum Gasteiger partial charge on any atom is 0.0862 e. The van der Waals surface area contributed by atoms with Crippen molar-refractivity contribution in [2.24, 2.45) is 5.84 Å². The van der Waals surface area contributed by atoms with Crippen LogP contribution in [0.2, 0.25) is 0 Å². The van der Waals surface area contributed by atoms with Crippen LogP contribution in [0.3, 0.4) is 0 Å². The monoisotopic (exact) mass is 262 g/mol. The molecule has 0 saturated carbocycles. The van der Waals surface area contributed by atoms with Crippen LogP contribution in [-0.4, -0.2) is 12.2 Å². The Labute approximate surface area is 111 Å². The normalized spacial score (nSPS) is 25.7. The molecule has 0 spiro atoms. The van der Waals surface area contributed by atoms with Gasteiger partial charge in [-0.3, -0.25) is 11.3 Å². The van der Waals surface area contributed by atoms with Crippen LogP contribution in [0.15, 0.2) is 29.6 Å². The number of hydrogen-bond acceptors (Lipinski definition) is 4. The lowest BCUT2D eigenvalue weighted by Crippen LogP contribution is -2.44. The van der Waals surface area contributed by atoms with E-state index in [9.17, 15) is 0 Å². The van der Waals surface area contributed by atoms with Crippen molar-refractivity contribution < 1.29 is 4.74 Å². The van der Waals surface area contributed by atoms with E-state index in [0.29, 0.717) is 0 Å². The fourth-order valence-electron chi connectivity index (χ4n) is 2.87. The van der Waals surface area contributed by atoms with Crippen LogP contribution in [0.25, 0.3) is 10.1 Å². The van der Waals surface area contributed by atoms with Crippen LogP contribution < -0.4 is 11.3 Å². The largest absolute Gasteiger partial charge is 0.373 e. The summed E-state index contributed by atoms with van der Waals surface area (Å²) in [6, 6.07) is 8.57. The first kappa shape index (κ1) is 12.1. The summed E-state index contributed by atoms with van der Waals surface area (Å²) in [5, 5.41) is 3.40. The first-order valence-electron chi connectivity index (χ1n) is 6.31. The van der Waals surface area contributed by atoms with E-state index in [0.717, 1.165) is 19.4 Å². The molecular weight excluding hydrogens is 244 g/mol. The molecule has 0 radical (unpaired) electrons. The number of rotatable bonds is 3. The van der Waals surface area contributed by atoms with E-state index >= 15 is 0 Å². The van der Waals surface area contributed by atoms with Gasteiger partial charge in [0, 0.05) is 11.3 Å². The molecule has 1 aliphatic rings. The van der Waals surface area contributed by atoms with Gasteiger partial charge in [-0.1, -0.05) is 18.2 Å². The number of ether oxygens (including phenoxy) is 1. The number of nitrogens with two attached hydrogens (primary N) is 1. The minimum Gasteiger partial charge on any atom is -0.373 e. The maximum absolute atomic E-state index is 5.94. The van der Waals surface area contributed by atoms with Crippen molar-refractivity contribution in [3.63, 3.8) is 0 Å². The van der Waals surface area contributed by atoms with Crippen LogP contribution in [0.4, 0.5) is 0 Å². The van der Waals surface area contributed by atoms with Gasteiger partial charge in [0.15, 0.2) is 0 Å². The van der Waals surface area contributed by atoms with Crippen LogP contribution in [0.5, 0.6) is 0 Å². The quantitative estimate of drug-likeness (QED) is 0.660. The Morgan fingerprint density at radius 1 is 1.44 bits per heavy atom. The second-order valence-corrected chi connectivity index (χ2v) is 5.97. The van der Waals surface area contributed by atoms with Gasteiger partial charge in [0.1, 0.15) is 0 Å². The van der Waals surface area contributed by atoms with Gasteiger partial charge in [0.2, 0.25) is 0 Å². The van der Waals surface area contributed by atoms with Gasteiger partial charge in [-0.15, -0.1) is 11.3 Å². The highest BCUT2D eigenvalue weighted by Crippen LogP contribution is 2.40. The third kappa shape index (κ3) is 1.86. The van der Waals surface area contributed by atoms with E-state index in [-0.39, 0.29) is 11.6 Å². The van der Waals surface area contributed by atoms with E-state index in [1.54, 1.807) is 11.3 Å². The molecule has 1 aromatic heterocycles. The molecule has 3 rings (SSSR count). The van der Waals surface area contributed by atoms with Crippen LogP contribution >= 0.6 is 11.3 Å². The Morgan fingerprint density at radius 2 is 2.33 bits per heavy atom. The first-order valence-corrected chi connectivity index (χ1v) is 7.19. The van der Waals surface area contributed by atoms with Gasteiger partial charge >= 0.3 is 0 Å². The van der Waals surface area contributed by atoms with Crippen LogP contribution in [0, 0.1) is 0 Å². The summed E-state index contributed by atoms with van der Waals surface area (Å²) in [6.45, 7) is 2.98. The summed E-state index contributed by atoms with van der Waals surface area (Å²) in [6.07, 6.45) is 2.15. The fraction of sp³-hybridized carbons (Fsp3) is 0.429. The predicted octanol–water partition coefficient (Wildman–Crippen LogP) is 2.97. The van der Waals surface area contributed by atoms with Crippen molar-refractivity contribution in [2.45, 2.75) is 31.4 Å². The van der Waals surface area contributed by atoms with Gasteiger partial charge in [-0.25, -0.2) is 0 Å². The van der Waals surface area contributed by atoms with Gasteiger partial charge in [-0.2, -0.15) is 0 Å². The zero-order valence-electron chi connectivity index (χ0n) is 10.5. The van der Waals surface area contributed by atoms with Gasteiger partial charge in [0.05, 0.1) is 11.6 Å². The second-order valence-electron chi connectivity index (χ2n) is 5.05.